The number of allylic oxidation sites excluding steroid dienone is 4. The summed E-state index contributed by atoms with van der Waals surface area (Å²) < 4.78 is 0. The van der Waals surface area contributed by atoms with Gasteiger partial charge in [-0.15, -0.1) is 0 Å². The number of carbonyl (C=O) groups excluding carboxylic acids is 1. The molecule has 3 nitrogen and oxygen atoms in total. The van der Waals surface area contributed by atoms with E-state index in [-0.39, 0.29) is 22.5 Å². The van der Waals surface area contributed by atoms with Crippen molar-refractivity contribution in [3.63, 3.8) is 0 Å². The molecule has 4 aliphatic carbocycles. The molecule has 2 fully saturated rings. The fourth-order valence-corrected chi connectivity index (χ4v) is 8.40. The highest BCUT2D eigenvalue weighted by molar-refractivity contribution is 5.93. The first-order valence-electron chi connectivity index (χ1n) is 15.5. The van der Waals surface area contributed by atoms with E-state index in [9.17, 15) is 9.90 Å². The summed E-state index contributed by atoms with van der Waals surface area (Å²) in [7, 11) is 4.15. The van der Waals surface area contributed by atoms with E-state index < -0.39 is 5.60 Å². The van der Waals surface area contributed by atoms with Crippen LogP contribution < -0.4 is 4.90 Å². The number of benzene rings is 2. The van der Waals surface area contributed by atoms with Gasteiger partial charge in [0.1, 0.15) is 5.60 Å². The molecule has 0 aliphatic heterocycles. The Morgan fingerprint density at radius 2 is 1.66 bits per heavy atom. The average Bonchev–Trinajstić information content (AvgIpc) is 3.21. The van der Waals surface area contributed by atoms with Crippen molar-refractivity contribution in [1.82, 2.24) is 0 Å². The van der Waals surface area contributed by atoms with E-state index in [0.717, 1.165) is 37.7 Å². The second-order valence-corrected chi connectivity index (χ2v) is 14.5. The number of nitrogens with zero attached hydrogens (tertiary/aromatic N) is 1. The van der Waals surface area contributed by atoms with E-state index in [2.05, 4.69) is 107 Å². The van der Waals surface area contributed by atoms with Crippen molar-refractivity contribution in [2.24, 2.45) is 17.3 Å². The zero-order valence-corrected chi connectivity index (χ0v) is 25.7. The van der Waals surface area contributed by atoms with Crippen molar-refractivity contribution in [3.8, 4) is 11.8 Å². The van der Waals surface area contributed by atoms with Gasteiger partial charge in [-0.05, 0) is 108 Å². The SMILES string of the molecule is CN(C)c1ccc([C@H]2C[C@@]3(C)C(CC[C@@]3(O)C#Cc3ccc(C(C)(C)C)cc3)[C@@H]3CCC4=CC(=O)CCC4=C32)cc1. The van der Waals surface area contributed by atoms with Gasteiger partial charge in [0.2, 0.25) is 0 Å². The van der Waals surface area contributed by atoms with Crippen molar-refractivity contribution < 1.29 is 9.90 Å². The van der Waals surface area contributed by atoms with Gasteiger partial charge in [-0.1, -0.05) is 69.4 Å². The highest BCUT2D eigenvalue weighted by Crippen LogP contribution is 2.66. The third-order valence-corrected chi connectivity index (χ3v) is 10.9. The van der Waals surface area contributed by atoms with Crippen molar-refractivity contribution >= 4 is 11.5 Å². The number of hydrogen-bond donors (Lipinski definition) is 1. The number of carbonyl (C=O) groups is 1. The maximum Gasteiger partial charge on any atom is 0.156 e. The first-order chi connectivity index (χ1) is 19.4. The highest BCUT2D eigenvalue weighted by atomic mass is 16.3. The molecule has 0 spiro atoms. The fourth-order valence-electron chi connectivity index (χ4n) is 8.40. The number of anilines is 1. The van der Waals surface area contributed by atoms with Crippen LogP contribution in [0, 0.1) is 29.1 Å². The van der Waals surface area contributed by atoms with Gasteiger partial charge in [0, 0.05) is 43.1 Å². The molecule has 4 aliphatic rings. The summed E-state index contributed by atoms with van der Waals surface area (Å²) in [6.45, 7) is 8.99. The number of hydrogen-bond acceptors (Lipinski definition) is 3. The van der Waals surface area contributed by atoms with Gasteiger partial charge in [-0.25, -0.2) is 0 Å². The normalized spacial score (nSPS) is 31.0. The summed E-state index contributed by atoms with van der Waals surface area (Å²) in [5, 5.41) is 12.4. The van der Waals surface area contributed by atoms with Gasteiger partial charge < -0.3 is 10.0 Å². The van der Waals surface area contributed by atoms with E-state index >= 15 is 0 Å². The Labute approximate surface area is 246 Å². The summed E-state index contributed by atoms with van der Waals surface area (Å²) >= 11 is 0. The minimum atomic E-state index is -1.03. The molecule has 0 heterocycles. The molecule has 41 heavy (non-hydrogen) atoms. The van der Waals surface area contributed by atoms with Crippen LogP contribution in [0.15, 0.2) is 71.3 Å². The minimum Gasteiger partial charge on any atom is -0.378 e. The monoisotopic (exact) mass is 547 g/mol. The molecule has 1 unspecified atom stereocenters. The standard InChI is InChI=1S/C38H45NO2/c1-36(2,3)28-12-7-25(8-13-28)19-21-38(41)22-20-34-32-17-11-27-23-30(40)16-18-31(27)35(32)33(24-37(34,38)4)26-9-14-29(15-10-26)39(5)6/h7-10,12-15,23,32-34,41H,11,16-18,20,22,24H2,1-6H3/t32-,33+,34?,37-,38-/m0/s1. The van der Waals surface area contributed by atoms with Crippen LogP contribution in [0.5, 0.6) is 0 Å². The Balaban J connectivity index is 1.41. The van der Waals surface area contributed by atoms with Crippen molar-refractivity contribution in [3.05, 3.63) is 88.0 Å². The molecule has 2 saturated carbocycles. The van der Waals surface area contributed by atoms with Crippen LogP contribution in [0.1, 0.15) is 95.2 Å². The first-order valence-corrected chi connectivity index (χ1v) is 15.5. The Kier molecular flexibility index (Phi) is 6.86. The highest BCUT2D eigenvalue weighted by Gasteiger charge is 2.62. The molecule has 5 atom stereocenters. The lowest BCUT2D eigenvalue weighted by molar-refractivity contribution is -0.114. The Morgan fingerprint density at radius 1 is 0.951 bits per heavy atom. The number of rotatable bonds is 2. The molecule has 2 aromatic carbocycles. The molecule has 6 rings (SSSR count). The van der Waals surface area contributed by atoms with Crippen LogP contribution in [-0.4, -0.2) is 30.6 Å². The fraction of sp³-hybridized carbons (Fsp3) is 0.500. The molecule has 0 radical (unpaired) electrons. The molecule has 0 bridgehead atoms. The summed E-state index contributed by atoms with van der Waals surface area (Å²) in [6.07, 6.45) is 8.03. The van der Waals surface area contributed by atoms with Crippen LogP contribution in [0.3, 0.4) is 0 Å². The quantitative estimate of drug-likeness (QED) is 0.391. The molecule has 2 aromatic rings. The first kappa shape index (κ1) is 28.0. The smallest absolute Gasteiger partial charge is 0.156 e. The molecule has 0 amide bonds. The van der Waals surface area contributed by atoms with Gasteiger partial charge in [-0.2, -0.15) is 0 Å². The summed E-state index contributed by atoms with van der Waals surface area (Å²) in [5.74, 6) is 8.17. The van der Waals surface area contributed by atoms with Crippen molar-refractivity contribution in [2.45, 2.75) is 89.6 Å². The predicted molar refractivity (Wildman–Crippen MR) is 168 cm³/mol. The number of aliphatic hydroxyl groups is 1. The van der Waals surface area contributed by atoms with E-state index in [4.69, 9.17) is 0 Å². The molecule has 0 saturated heterocycles. The summed E-state index contributed by atoms with van der Waals surface area (Å²) in [5.41, 5.74) is 7.82. The molecule has 3 heteroatoms. The number of fused-ring (bicyclic) bond motifs is 4. The molecule has 214 valence electrons. The van der Waals surface area contributed by atoms with E-state index in [1.165, 1.54) is 28.0 Å². The van der Waals surface area contributed by atoms with E-state index in [1.807, 2.05) is 6.08 Å². The summed E-state index contributed by atoms with van der Waals surface area (Å²) in [6, 6.07) is 17.6. The Hall–Kier alpha value is -3.09. The minimum absolute atomic E-state index is 0.102. The van der Waals surface area contributed by atoms with Crippen LogP contribution in [0.25, 0.3) is 0 Å². The van der Waals surface area contributed by atoms with Crippen molar-refractivity contribution in [2.75, 3.05) is 19.0 Å². The molecule has 1 N–H and O–H groups in total. The lowest BCUT2D eigenvalue weighted by Crippen LogP contribution is -2.51. The maximum absolute atomic E-state index is 12.4. The van der Waals surface area contributed by atoms with Gasteiger partial charge in [0.25, 0.3) is 0 Å². The Bertz CT molecular complexity index is 1470. The van der Waals surface area contributed by atoms with E-state index in [1.54, 1.807) is 5.57 Å². The average molecular weight is 548 g/mol. The zero-order chi connectivity index (χ0) is 29.2. The van der Waals surface area contributed by atoms with Crippen molar-refractivity contribution in [1.29, 1.82) is 0 Å². The van der Waals surface area contributed by atoms with Crippen LogP contribution in [0.2, 0.25) is 0 Å². The van der Waals surface area contributed by atoms with Crippen LogP contribution in [-0.2, 0) is 10.2 Å². The number of ketones is 1. The third kappa shape index (κ3) is 4.79. The topological polar surface area (TPSA) is 40.5 Å². The molecular weight excluding hydrogens is 502 g/mol. The largest absolute Gasteiger partial charge is 0.378 e. The van der Waals surface area contributed by atoms with Gasteiger partial charge >= 0.3 is 0 Å². The summed E-state index contributed by atoms with van der Waals surface area (Å²) in [4.78, 5) is 14.5. The van der Waals surface area contributed by atoms with Gasteiger partial charge in [0.05, 0.1) is 0 Å². The Morgan fingerprint density at radius 3 is 2.32 bits per heavy atom. The lowest BCUT2D eigenvalue weighted by Gasteiger charge is -2.53. The third-order valence-electron chi connectivity index (χ3n) is 10.9. The maximum atomic E-state index is 12.4. The molecular formula is C38H45NO2. The second kappa shape index (κ2) is 10.0. The second-order valence-electron chi connectivity index (χ2n) is 14.5. The molecule has 0 aromatic heterocycles. The van der Waals surface area contributed by atoms with Gasteiger partial charge in [-0.3, -0.25) is 4.79 Å². The van der Waals surface area contributed by atoms with Crippen LogP contribution >= 0.6 is 0 Å². The van der Waals surface area contributed by atoms with Gasteiger partial charge in [0.15, 0.2) is 5.78 Å². The van der Waals surface area contributed by atoms with Crippen LogP contribution in [0.4, 0.5) is 5.69 Å². The lowest BCUT2D eigenvalue weighted by atomic mass is 9.51. The van der Waals surface area contributed by atoms with E-state index in [0.29, 0.717) is 24.7 Å². The predicted octanol–water partition coefficient (Wildman–Crippen LogP) is 7.73. The zero-order valence-electron chi connectivity index (χ0n) is 25.7.